The van der Waals surface area contributed by atoms with Gasteiger partial charge in [0, 0.05) is 38.8 Å². The normalized spacial score (nSPS) is 21.0. The third kappa shape index (κ3) is 5.82. The van der Waals surface area contributed by atoms with Crippen molar-refractivity contribution >= 4 is 39.1 Å². The molecule has 0 spiro atoms. The Kier molecular flexibility index (Phi) is 8.09. The molecule has 2 atom stereocenters. The van der Waals surface area contributed by atoms with Gasteiger partial charge in [-0.1, -0.05) is 24.3 Å². The second kappa shape index (κ2) is 11.9. The number of nitrogens with zero attached hydrogens (tertiary/aromatic N) is 3. The molecule has 0 radical (unpaired) electrons. The van der Waals surface area contributed by atoms with E-state index < -0.39 is 11.8 Å². The van der Waals surface area contributed by atoms with E-state index in [1.807, 2.05) is 53.7 Å². The van der Waals surface area contributed by atoms with Crippen LogP contribution in [-0.2, 0) is 21.7 Å². The van der Waals surface area contributed by atoms with Crippen molar-refractivity contribution in [3.05, 3.63) is 77.3 Å². The third-order valence-electron chi connectivity index (χ3n) is 8.86. The van der Waals surface area contributed by atoms with Gasteiger partial charge in [0.2, 0.25) is 11.8 Å². The molecule has 9 nitrogen and oxygen atoms in total. The number of rotatable bonds is 8. The molecule has 1 aromatic heterocycles. The smallest absolute Gasteiger partial charge is 0.249 e. The number of carbonyl (C=O) groups excluding carboxylic acids is 2. The summed E-state index contributed by atoms with van der Waals surface area (Å²) >= 11 is 1.62. The number of aromatic nitrogens is 1. The highest BCUT2D eigenvalue weighted by Crippen LogP contribution is 2.35. The molecule has 2 amide bonds. The van der Waals surface area contributed by atoms with E-state index in [0.29, 0.717) is 19.0 Å². The minimum atomic E-state index is -0.961. The van der Waals surface area contributed by atoms with Gasteiger partial charge in [0.15, 0.2) is 0 Å². The summed E-state index contributed by atoms with van der Waals surface area (Å²) in [6, 6.07) is 20.4. The summed E-state index contributed by atoms with van der Waals surface area (Å²) in [5, 5.41) is 6.95. The van der Waals surface area contributed by atoms with Crippen molar-refractivity contribution in [3.63, 3.8) is 0 Å². The number of ether oxygens (including phenoxy) is 1. The number of piperidine rings is 1. The van der Waals surface area contributed by atoms with Crippen molar-refractivity contribution < 1.29 is 14.3 Å². The van der Waals surface area contributed by atoms with Crippen LogP contribution in [-0.4, -0.2) is 59.6 Å². The van der Waals surface area contributed by atoms with E-state index in [1.54, 1.807) is 30.3 Å². The number of fused-ring (bicyclic) bond motifs is 1. The largest absolute Gasteiger partial charge is 0.497 e. The van der Waals surface area contributed by atoms with E-state index in [4.69, 9.17) is 10.5 Å². The van der Waals surface area contributed by atoms with Gasteiger partial charge < -0.3 is 19.9 Å². The van der Waals surface area contributed by atoms with Crippen molar-refractivity contribution in [2.24, 2.45) is 11.7 Å². The second-order valence-corrected chi connectivity index (χ2v) is 12.5. The van der Waals surface area contributed by atoms with Crippen LogP contribution >= 0.6 is 11.3 Å². The van der Waals surface area contributed by atoms with Crippen LogP contribution in [0.1, 0.15) is 37.8 Å². The molecule has 4 aromatic rings. The van der Waals surface area contributed by atoms with Crippen LogP contribution in [0.15, 0.2) is 66.2 Å². The number of benzene rings is 3. The molecule has 2 fully saturated rings. The molecule has 0 bridgehead atoms. The first-order chi connectivity index (χ1) is 20.7. The number of nitrogens with two attached hydrogens (primary N) is 1. The van der Waals surface area contributed by atoms with Crippen LogP contribution in [0.2, 0.25) is 0 Å². The Morgan fingerprint density at radius 2 is 1.98 bits per heavy atom. The van der Waals surface area contributed by atoms with Gasteiger partial charge >= 0.3 is 0 Å². The van der Waals surface area contributed by atoms with Crippen LogP contribution in [0.25, 0.3) is 21.3 Å². The number of anilines is 1. The number of hydrogen-bond donors (Lipinski definition) is 3. The zero-order valence-corrected chi connectivity index (χ0v) is 25.6. The first-order valence-corrected chi connectivity index (χ1v) is 15.6. The molecular weight excluding hydrogens is 560 g/mol. The molecule has 0 aliphatic carbocycles. The standard InChI is InChI=1S/C33H38N6O3S/c1-21(40)38-13-11-22(12-14-38)19-39-31(41)33(2,37-32(39)34)25-6-4-5-23(15-25)28-17-27(42-3)9-7-24(28)18-35-26-8-10-29-30(16-26)43-20-36-29/h4-10,15-17,20,22,32,35,37H,11-14,18-19,34H2,1-3H3/t32-,33?/m1/s1. The van der Waals surface area contributed by atoms with Crippen LogP contribution in [0.5, 0.6) is 5.75 Å². The van der Waals surface area contributed by atoms with Crippen molar-refractivity contribution in [1.82, 2.24) is 20.1 Å². The molecule has 3 aromatic carbocycles. The van der Waals surface area contributed by atoms with E-state index in [0.717, 1.165) is 69.8 Å². The number of carbonyl (C=O) groups is 2. The van der Waals surface area contributed by atoms with E-state index in [-0.39, 0.29) is 11.8 Å². The average Bonchev–Trinajstić information content (AvgIpc) is 3.58. The van der Waals surface area contributed by atoms with Crippen LogP contribution in [0.3, 0.4) is 0 Å². The van der Waals surface area contributed by atoms with Crippen molar-refractivity contribution in [2.75, 3.05) is 32.1 Å². The van der Waals surface area contributed by atoms with Gasteiger partial charge in [-0.3, -0.25) is 20.6 Å². The van der Waals surface area contributed by atoms with E-state index in [1.165, 1.54) is 0 Å². The number of amides is 2. The topological polar surface area (TPSA) is 113 Å². The maximum Gasteiger partial charge on any atom is 0.249 e. The third-order valence-corrected chi connectivity index (χ3v) is 9.65. The molecule has 0 saturated carbocycles. The first-order valence-electron chi connectivity index (χ1n) is 14.7. The number of hydrogen-bond acceptors (Lipinski definition) is 8. The molecule has 2 aliphatic heterocycles. The molecule has 1 unspecified atom stereocenters. The summed E-state index contributed by atoms with van der Waals surface area (Å²) < 4.78 is 6.73. The summed E-state index contributed by atoms with van der Waals surface area (Å²) in [6.45, 7) is 6.16. The van der Waals surface area contributed by atoms with Gasteiger partial charge in [0.05, 0.1) is 22.8 Å². The molecule has 224 valence electrons. The summed E-state index contributed by atoms with van der Waals surface area (Å²) in [6.07, 6.45) is 1.15. The highest BCUT2D eigenvalue weighted by molar-refractivity contribution is 7.16. The minimum Gasteiger partial charge on any atom is -0.497 e. The lowest BCUT2D eigenvalue weighted by molar-refractivity contribution is -0.135. The predicted molar refractivity (Wildman–Crippen MR) is 171 cm³/mol. The Morgan fingerprint density at radius 1 is 1.16 bits per heavy atom. The Morgan fingerprint density at radius 3 is 2.74 bits per heavy atom. The lowest BCUT2D eigenvalue weighted by atomic mass is 9.88. The van der Waals surface area contributed by atoms with Gasteiger partial charge in [0.1, 0.15) is 17.6 Å². The second-order valence-electron chi connectivity index (χ2n) is 11.6. The molecular formula is C33H38N6O3S. The van der Waals surface area contributed by atoms with E-state index in [9.17, 15) is 9.59 Å². The minimum absolute atomic E-state index is 0.0304. The Hall–Kier alpha value is -3.99. The highest BCUT2D eigenvalue weighted by atomic mass is 32.1. The average molecular weight is 599 g/mol. The number of nitrogens with one attached hydrogen (secondary N) is 2. The molecule has 2 saturated heterocycles. The van der Waals surface area contributed by atoms with E-state index >= 15 is 0 Å². The highest BCUT2D eigenvalue weighted by Gasteiger charge is 2.48. The lowest BCUT2D eigenvalue weighted by Crippen LogP contribution is -2.48. The number of methoxy groups -OCH3 is 1. The Bertz CT molecular complexity index is 1650. The summed E-state index contributed by atoms with van der Waals surface area (Å²) in [4.78, 5) is 33.7. The fourth-order valence-corrected chi connectivity index (χ4v) is 6.94. The number of thiazole rings is 1. The van der Waals surface area contributed by atoms with Gasteiger partial charge in [-0.25, -0.2) is 4.98 Å². The monoisotopic (exact) mass is 598 g/mol. The predicted octanol–water partition coefficient (Wildman–Crippen LogP) is 4.73. The first kappa shape index (κ1) is 29.1. The Balaban J connectivity index is 1.23. The fourth-order valence-electron chi connectivity index (χ4n) is 6.23. The molecule has 10 heteroatoms. The van der Waals surface area contributed by atoms with Crippen LogP contribution < -0.4 is 21.1 Å². The van der Waals surface area contributed by atoms with Gasteiger partial charge in [0.25, 0.3) is 0 Å². The van der Waals surface area contributed by atoms with Crippen LogP contribution in [0.4, 0.5) is 5.69 Å². The zero-order valence-electron chi connectivity index (χ0n) is 24.8. The molecule has 4 N–H and O–H groups in total. The summed E-state index contributed by atoms with van der Waals surface area (Å²) in [5.41, 5.74) is 13.4. The molecule has 6 rings (SSSR count). The SMILES string of the molecule is COc1ccc(CNc2ccc3ncsc3c2)c(-c2cccc(C3(C)N[C@@H](N)N(CC4CCN(C(C)=O)CC4)C3=O)c2)c1. The molecule has 2 aliphatic rings. The maximum absolute atomic E-state index is 13.9. The van der Waals surface area contributed by atoms with Crippen molar-refractivity contribution in [2.45, 2.75) is 45.1 Å². The van der Waals surface area contributed by atoms with Gasteiger partial charge in [-0.2, -0.15) is 0 Å². The molecule has 43 heavy (non-hydrogen) atoms. The summed E-state index contributed by atoms with van der Waals surface area (Å²) in [5.74, 6) is 1.15. The fraction of sp³-hybridized carbons (Fsp3) is 0.364. The quantitative estimate of drug-likeness (QED) is 0.269. The zero-order chi connectivity index (χ0) is 30.1. The molecule has 3 heterocycles. The van der Waals surface area contributed by atoms with Gasteiger partial charge in [-0.15, -0.1) is 11.3 Å². The maximum atomic E-state index is 13.9. The van der Waals surface area contributed by atoms with E-state index in [2.05, 4.69) is 39.9 Å². The Labute approximate surface area is 256 Å². The van der Waals surface area contributed by atoms with Gasteiger partial charge in [-0.05, 0) is 84.3 Å². The van der Waals surface area contributed by atoms with Crippen molar-refractivity contribution in [3.8, 4) is 16.9 Å². The van der Waals surface area contributed by atoms with Crippen LogP contribution in [0, 0.1) is 5.92 Å². The lowest BCUT2D eigenvalue weighted by Gasteiger charge is -2.34. The summed E-state index contributed by atoms with van der Waals surface area (Å²) in [7, 11) is 1.67. The van der Waals surface area contributed by atoms with Crippen molar-refractivity contribution in [1.29, 1.82) is 0 Å². The number of likely N-dealkylation sites (tertiary alicyclic amines) is 1.